The minimum absolute atomic E-state index is 0.0391. The molecule has 2 rings (SSSR count). The van der Waals surface area contributed by atoms with Gasteiger partial charge in [-0.3, -0.25) is 0 Å². The van der Waals surface area contributed by atoms with E-state index in [1.54, 1.807) is 6.07 Å². The van der Waals surface area contributed by atoms with Gasteiger partial charge in [-0.2, -0.15) is 0 Å². The highest BCUT2D eigenvalue weighted by molar-refractivity contribution is 6.35. The Morgan fingerprint density at radius 2 is 1.57 bits per heavy atom. The number of rotatable bonds is 5. The van der Waals surface area contributed by atoms with E-state index in [2.05, 4.69) is 24.4 Å². The Morgan fingerprint density at radius 1 is 0.952 bits per heavy atom. The molecule has 0 aliphatic rings. The van der Waals surface area contributed by atoms with Crippen LogP contribution in [0.25, 0.3) is 0 Å². The molecule has 112 valence electrons. The first-order chi connectivity index (χ1) is 10.0. The molecule has 0 bridgehead atoms. The second-order valence-corrected chi connectivity index (χ2v) is 6.33. The van der Waals surface area contributed by atoms with E-state index < -0.39 is 0 Å². The molecule has 1 nitrogen and oxygen atoms in total. The van der Waals surface area contributed by atoms with E-state index in [0.29, 0.717) is 10.0 Å². The standard InChI is InChI=1S/C17H18Cl3N/c1-3-8-21-17(13-6-4-11(2)9-15(13)19)14-7-5-12(18)10-16(14)20/h4-7,9-10,17,21H,3,8H2,1-2H3. The van der Waals surface area contributed by atoms with E-state index in [0.717, 1.165) is 34.7 Å². The molecule has 0 aliphatic heterocycles. The van der Waals surface area contributed by atoms with Crippen LogP contribution in [0.1, 0.15) is 36.1 Å². The quantitative estimate of drug-likeness (QED) is 0.698. The van der Waals surface area contributed by atoms with Gasteiger partial charge < -0.3 is 5.32 Å². The molecule has 0 saturated carbocycles. The maximum atomic E-state index is 6.43. The lowest BCUT2D eigenvalue weighted by Gasteiger charge is -2.22. The van der Waals surface area contributed by atoms with Gasteiger partial charge >= 0.3 is 0 Å². The SMILES string of the molecule is CCCNC(c1ccc(C)cc1Cl)c1ccc(Cl)cc1Cl. The zero-order valence-electron chi connectivity index (χ0n) is 12.1. The Balaban J connectivity index is 2.46. The molecule has 0 heterocycles. The fourth-order valence-corrected chi connectivity index (χ4v) is 3.14. The van der Waals surface area contributed by atoms with Crippen LogP contribution in [0.5, 0.6) is 0 Å². The topological polar surface area (TPSA) is 12.0 Å². The minimum atomic E-state index is -0.0391. The fraction of sp³-hybridized carbons (Fsp3) is 0.294. The van der Waals surface area contributed by atoms with E-state index in [4.69, 9.17) is 34.8 Å². The van der Waals surface area contributed by atoms with Crippen LogP contribution in [0.2, 0.25) is 15.1 Å². The summed E-state index contributed by atoms with van der Waals surface area (Å²) in [5, 5.41) is 5.53. The van der Waals surface area contributed by atoms with Gasteiger partial charge in [-0.15, -0.1) is 0 Å². The van der Waals surface area contributed by atoms with Crippen molar-refractivity contribution in [2.75, 3.05) is 6.54 Å². The van der Waals surface area contributed by atoms with Crippen molar-refractivity contribution in [3.63, 3.8) is 0 Å². The van der Waals surface area contributed by atoms with Crippen molar-refractivity contribution < 1.29 is 0 Å². The van der Waals surface area contributed by atoms with Crippen LogP contribution in [0.4, 0.5) is 0 Å². The van der Waals surface area contributed by atoms with Crippen molar-refractivity contribution in [1.82, 2.24) is 5.32 Å². The molecule has 0 spiro atoms. The Morgan fingerprint density at radius 3 is 2.14 bits per heavy atom. The van der Waals surface area contributed by atoms with Crippen LogP contribution in [0.3, 0.4) is 0 Å². The smallest absolute Gasteiger partial charge is 0.0606 e. The van der Waals surface area contributed by atoms with Crippen LogP contribution in [-0.4, -0.2) is 6.54 Å². The Hall–Kier alpha value is -0.730. The van der Waals surface area contributed by atoms with Crippen molar-refractivity contribution in [2.45, 2.75) is 26.3 Å². The van der Waals surface area contributed by atoms with Crippen molar-refractivity contribution >= 4 is 34.8 Å². The third-order valence-corrected chi connectivity index (χ3v) is 4.23. The molecule has 1 atom stereocenters. The summed E-state index contributed by atoms with van der Waals surface area (Å²) in [4.78, 5) is 0. The number of hydrogen-bond donors (Lipinski definition) is 1. The zero-order valence-corrected chi connectivity index (χ0v) is 14.4. The first kappa shape index (κ1) is 16.6. The van der Waals surface area contributed by atoms with Crippen molar-refractivity contribution in [3.05, 3.63) is 68.2 Å². The lowest BCUT2D eigenvalue weighted by Crippen LogP contribution is -2.23. The first-order valence-electron chi connectivity index (χ1n) is 6.97. The van der Waals surface area contributed by atoms with E-state index in [9.17, 15) is 0 Å². The van der Waals surface area contributed by atoms with E-state index >= 15 is 0 Å². The molecular formula is C17H18Cl3N. The minimum Gasteiger partial charge on any atom is -0.306 e. The fourth-order valence-electron chi connectivity index (χ4n) is 2.28. The first-order valence-corrected chi connectivity index (χ1v) is 8.10. The molecule has 21 heavy (non-hydrogen) atoms. The third-order valence-electron chi connectivity index (χ3n) is 3.34. The molecule has 1 N–H and O–H groups in total. The summed E-state index contributed by atoms with van der Waals surface area (Å²) in [6.07, 6.45) is 1.03. The Kier molecular flexibility index (Phi) is 5.95. The maximum Gasteiger partial charge on any atom is 0.0606 e. The highest BCUT2D eigenvalue weighted by Crippen LogP contribution is 2.34. The second kappa shape index (κ2) is 7.51. The van der Waals surface area contributed by atoms with Gasteiger partial charge in [-0.25, -0.2) is 0 Å². The Bertz CT molecular complexity index is 574. The molecule has 4 heteroatoms. The van der Waals surface area contributed by atoms with Gasteiger partial charge in [-0.1, -0.05) is 59.9 Å². The van der Waals surface area contributed by atoms with Gasteiger partial charge in [0.2, 0.25) is 0 Å². The largest absolute Gasteiger partial charge is 0.306 e. The van der Waals surface area contributed by atoms with Gasteiger partial charge in [-0.05, 0) is 54.8 Å². The van der Waals surface area contributed by atoms with Crippen molar-refractivity contribution in [2.24, 2.45) is 0 Å². The lowest BCUT2D eigenvalue weighted by atomic mass is 9.97. The molecule has 0 saturated heterocycles. The molecule has 2 aromatic carbocycles. The van der Waals surface area contributed by atoms with Crippen molar-refractivity contribution in [1.29, 1.82) is 0 Å². The molecule has 1 unspecified atom stereocenters. The maximum absolute atomic E-state index is 6.43. The average molecular weight is 343 g/mol. The number of hydrogen-bond acceptors (Lipinski definition) is 1. The average Bonchev–Trinajstić information content (AvgIpc) is 2.42. The van der Waals surface area contributed by atoms with Crippen molar-refractivity contribution in [3.8, 4) is 0 Å². The van der Waals surface area contributed by atoms with Gasteiger partial charge in [0.25, 0.3) is 0 Å². The summed E-state index contributed by atoms with van der Waals surface area (Å²) in [7, 11) is 0. The molecule has 0 radical (unpaired) electrons. The van der Waals surface area contributed by atoms with Crippen LogP contribution < -0.4 is 5.32 Å². The highest BCUT2D eigenvalue weighted by atomic mass is 35.5. The van der Waals surface area contributed by atoms with Gasteiger partial charge in [0.1, 0.15) is 0 Å². The second-order valence-electron chi connectivity index (χ2n) is 5.08. The number of benzene rings is 2. The monoisotopic (exact) mass is 341 g/mol. The van der Waals surface area contributed by atoms with E-state index in [-0.39, 0.29) is 6.04 Å². The van der Waals surface area contributed by atoms with E-state index in [1.165, 1.54) is 0 Å². The number of nitrogens with one attached hydrogen (secondary N) is 1. The van der Waals surface area contributed by atoms with Crippen LogP contribution in [0.15, 0.2) is 36.4 Å². The normalized spacial score (nSPS) is 12.4. The summed E-state index contributed by atoms with van der Waals surface area (Å²) >= 11 is 18.8. The molecule has 2 aromatic rings. The van der Waals surface area contributed by atoms with Gasteiger partial charge in [0.05, 0.1) is 6.04 Å². The Labute approximate surface area is 141 Å². The van der Waals surface area contributed by atoms with Gasteiger partial charge in [0.15, 0.2) is 0 Å². The van der Waals surface area contributed by atoms with Crippen LogP contribution in [-0.2, 0) is 0 Å². The number of halogens is 3. The summed E-state index contributed by atoms with van der Waals surface area (Å²) in [5.74, 6) is 0. The van der Waals surface area contributed by atoms with Gasteiger partial charge in [0, 0.05) is 15.1 Å². The molecular weight excluding hydrogens is 325 g/mol. The third kappa shape index (κ3) is 4.14. The predicted molar refractivity (Wildman–Crippen MR) is 92.8 cm³/mol. The molecule has 0 aromatic heterocycles. The lowest BCUT2D eigenvalue weighted by molar-refractivity contribution is 0.599. The molecule has 0 aliphatic carbocycles. The summed E-state index contributed by atoms with van der Waals surface area (Å²) in [6, 6.07) is 11.6. The zero-order chi connectivity index (χ0) is 15.4. The predicted octanol–water partition coefficient (Wildman–Crippen LogP) is 6.04. The number of aryl methyl sites for hydroxylation is 1. The van der Waals surface area contributed by atoms with Crippen LogP contribution in [0, 0.1) is 6.92 Å². The summed E-state index contributed by atoms with van der Waals surface area (Å²) < 4.78 is 0. The summed E-state index contributed by atoms with van der Waals surface area (Å²) in [5.41, 5.74) is 3.15. The molecule has 0 amide bonds. The summed E-state index contributed by atoms with van der Waals surface area (Å²) in [6.45, 7) is 5.04. The highest BCUT2D eigenvalue weighted by Gasteiger charge is 2.19. The molecule has 0 fully saturated rings. The van der Waals surface area contributed by atoms with E-state index in [1.807, 2.05) is 25.1 Å². The van der Waals surface area contributed by atoms with Crippen LogP contribution >= 0.6 is 34.8 Å².